The largest absolute Gasteiger partial charge is 0.508 e. The number of methoxy groups -OCH3 is 1. The van der Waals surface area contributed by atoms with Crippen molar-refractivity contribution in [3.8, 4) is 11.5 Å². The third-order valence-electron chi connectivity index (χ3n) is 5.46. The van der Waals surface area contributed by atoms with Crippen LogP contribution in [0.5, 0.6) is 11.5 Å². The fourth-order valence-electron chi connectivity index (χ4n) is 3.68. The average Bonchev–Trinajstić information content (AvgIpc) is 3.34. The molecule has 0 spiro atoms. The van der Waals surface area contributed by atoms with Crippen molar-refractivity contribution in [3.05, 3.63) is 88.3 Å². The van der Waals surface area contributed by atoms with E-state index in [-0.39, 0.29) is 23.3 Å². The van der Waals surface area contributed by atoms with Gasteiger partial charge in [-0.3, -0.25) is 14.5 Å². The number of phenolic OH excluding ortho intramolecular Hbond substituents is 1. The van der Waals surface area contributed by atoms with Crippen LogP contribution < -0.4 is 15.0 Å². The molecule has 174 valence electrons. The van der Waals surface area contributed by atoms with Crippen molar-refractivity contribution >= 4 is 51.9 Å². The number of thioether (sulfide) groups is 1. The molecule has 0 atom stereocenters. The van der Waals surface area contributed by atoms with E-state index in [1.807, 2.05) is 25.1 Å². The first-order valence-corrected chi connectivity index (χ1v) is 11.5. The van der Waals surface area contributed by atoms with Crippen molar-refractivity contribution in [3.63, 3.8) is 0 Å². The number of carbonyl (C=O) groups excluding carboxylic acids is 2. The third-order valence-corrected chi connectivity index (χ3v) is 6.42. The average molecular weight is 485 g/mol. The second-order valence-electron chi connectivity index (χ2n) is 7.88. The standard InChI is InChI=1S/C26H20N4O4S/c1-15-3-12-21-20(13-15)23(24(32)27-21)28-29-26-30(17-6-10-19(34-2)11-7-17)25(33)22(35-26)14-16-4-8-18(31)9-5-16/h3-14,31H,1-2H3,(H,27,28,32). The first-order chi connectivity index (χ1) is 16.9. The lowest BCUT2D eigenvalue weighted by atomic mass is 10.1. The van der Waals surface area contributed by atoms with Gasteiger partial charge in [-0.25, -0.2) is 0 Å². The number of rotatable bonds is 4. The molecule has 5 rings (SSSR count). The minimum Gasteiger partial charge on any atom is -0.508 e. The zero-order valence-electron chi connectivity index (χ0n) is 18.9. The number of anilines is 2. The molecule has 2 aliphatic heterocycles. The van der Waals surface area contributed by atoms with Crippen LogP contribution in [0.15, 0.2) is 81.8 Å². The SMILES string of the molecule is COc1ccc(N2C(=O)C(=Cc3ccc(O)cc3)SC2=NN=C2C(=O)Nc3ccc(C)cc32)cc1. The van der Waals surface area contributed by atoms with Crippen LogP contribution in [0.1, 0.15) is 16.7 Å². The maximum Gasteiger partial charge on any atom is 0.276 e. The fourth-order valence-corrected chi connectivity index (χ4v) is 4.61. The van der Waals surface area contributed by atoms with Crippen molar-refractivity contribution in [2.45, 2.75) is 6.92 Å². The molecule has 9 heteroatoms. The van der Waals surface area contributed by atoms with Crippen LogP contribution in [-0.2, 0) is 9.59 Å². The predicted molar refractivity (Wildman–Crippen MR) is 138 cm³/mol. The van der Waals surface area contributed by atoms with Gasteiger partial charge in [-0.1, -0.05) is 23.8 Å². The fraction of sp³-hybridized carbons (Fsp3) is 0.0769. The van der Waals surface area contributed by atoms with Gasteiger partial charge in [-0.15, -0.1) is 10.2 Å². The van der Waals surface area contributed by atoms with E-state index in [2.05, 4.69) is 15.5 Å². The lowest BCUT2D eigenvalue weighted by molar-refractivity contribution is -0.113. The molecule has 0 aromatic heterocycles. The van der Waals surface area contributed by atoms with Gasteiger partial charge in [-0.05, 0) is 78.9 Å². The van der Waals surface area contributed by atoms with Crippen LogP contribution >= 0.6 is 11.8 Å². The number of hydrogen-bond acceptors (Lipinski definition) is 7. The van der Waals surface area contributed by atoms with Crippen molar-refractivity contribution in [1.29, 1.82) is 0 Å². The molecule has 0 aliphatic carbocycles. The molecule has 0 saturated carbocycles. The predicted octanol–water partition coefficient (Wildman–Crippen LogP) is 4.54. The normalized spacial score (nSPS) is 18.5. The Labute approximate surface area is 205 Å². The molecule has 3 aromatic carbocycles. The first kappa shape index (κ1) is 22.4. The van der Waals surface area contributed by atoms with E-state index in [1.165, 1.54) is 4.90 Å². The van der Waals surface area contributed by atoms with Crippen molar-refractivity contribution < 1.29 is 19.4 Å². The molecule has 2 amide bonds. The summed E-state index contributed by atoms with van der Waals surface area (Å²) in [6.45, 7) is 1.93. The van der Waals surface area contributed by atoms with Gasteiger partial charge in [0, 0.05) is 5.56 Å². The van der Waals surface area contributed by atoms with Crippen LogP contribution in [0.25, 0.3) is 6.08 Å². The van der Waals surface area contributed by atoms with Crippen LogP contribution in [0, 0.1) is 6.92 Å². The molecule has 0 unspecified atom stereocenters. The zero-order chi connectivity index (χ0) is 24.5. The van der Waals surface area contributed by atoms with E-state index in [1.54, 1.807) is 61.7 Å². The number of nitrogens with one attached hydrogen (secondary N) is 1. The number of aryl methyl sites for hydroxylation is 1. The molecule has 0 radical (unpaired) electrons. The number of nitrogens with zero attached hydrogens (tertiary/aromatic N) is 3. The number of amidine groups is 1. The first-order valence-electron chi connectivity index (χ1n) is 10.7. The molecular weight excluding hydrogens is 464 g/mol. The summed E-state index contributed by atoms with van der Waals surface area (Å²) in [6.07, 6.45) is 1.72. The second kappa shape index (κ2) is 9.11. The highest BCUT2D eigenvalue weighted by molar-refractivity contribution is 8.19. The zero-order valence-corrected chi connectivity index (χ0v) is 19.7. The maximum absolute atomic E-state index is 13.4. The molecule has 1 fully saturated rings. The van der Waals surface area contributed by atoms with E-state index >= 15 is 0 Å². The summed E-state index contributed by atoms with van der Waals surface area (Å²) in [5.74, 6) is 0.168. The molecule has 0 bridgehead atoms. The van der Waals surface area contributed by atoms with Crippen molar-refractivity contribution in [2.75, 3.05) is 17.3 Å². The van der Waals surface area contributed by atoms with Crippen molar-refractivity contribution in [1.82, 2.24) is 0 Å². The highest BCUT2D eigenvalue weighted by atomic mass is 32.2. The molecule has 2 aliphatic rings. The quantitative estimate of drug-likeness (QED) is 0.418. The van der Waals surface area contributed by atoms with Gasteiger partial charge in [0.1, 0.15) is 11.5 Å². The summed E-state index contributed by atoms with van der Waals surface area (Å²) in [6, 6.07) is 19.2. The highest BCUT2D eigenvalue weighted by Gasteiger charge is 2.35. The molecule has 1 saturated heterocycles. The number of benzene rings is 3. The number of phenols is 1. The molecule has 3 aromatic rings. The van der Waals surface area contributed by atoms with Crippen LogP contribution in [-0.4, -0.2) is 34.9 Å². The number of carbonyl (C=O) groups is 2. The Morgan fingerprint density at radius 2 is 1.74 bits per heavy atom. The second-order valence-corrected chi connectivity index (χ2v) is 8.88. The lowest BCUT2D eigenvalue weighted by Gasteiger charge is -2.15. The molecule has 35 heavy (non-hydrogen) atoms. The Morgan fingerprint density at radius 3 is 2.46 bits per heavy atom. The van der Waals surface area contributed by atoms with E-state index in [4.69, 9.17) is 4.74 Å². The summed E-state index contributed by atoms with van der Waals surface area (Å²) in [5.41, 5.74) is 3.86. The van der Waals surface area contributed by atoms with Gasteiger partial charge in [0.05, 0.1) is 23.4 Å². The Hall–Kier alpha value is -4.37. The topological polar surface area (TPSA) is 104 Å². The van der Waals surface area contributed by atoms with Gasteiger partial charge in [0.15, 0.2) is 5.71 Å². The maximum atomic E-state index is 13.4. The molecule has 2 heterocycles. The number of fused-ring (bicyclic) bond motifs is 1. The summed E-state index contributed by atoms with van der Waals surface area (Å²) in [4.78, 5) is 27.8. The number of ether oxygens (including phenoxy) is 1. The highest BCUT2D eigenvalue weighted by Crippen LogP contribution is 2.37. The number of amides is 2. The van der Waals surface area contributed by atoms with Gasteiger partial charge in [0.25, 0.3) is 11.8 Å². The Bertz CT molecular complexity index is 1430. The van der Waals surface area contributed by atoms with Gasteiger partial charge < -0.3 is 15.2 Å². The summed E-state index contributed by atoms with van der Waals surface area (Å²) >= 11 is 1.15. The minimum atomic E-state index is -0.347. The van der Waals surface area contributed by atoms with Crippen LogP contribution in [0.3, 0.4) is 0 Å². The number of aromatic hydroxyl groups is 1. The monoisotopic (exact) mass is 484 g/mol. The van der Waals surface area contributed by atoms with E-state index in [9.17, 15) is 14.7 Å². The Morgan fingerprint density at radius 1 is 1.00 bits per heavy atom. The van der Waals surface area contributed by atoms with Crippen molar-refractivity contribution in [2.24, 2.45) is 10.2 Å². The number of hydrogen-bond donors (Lipinski definition) is 2. The van der Waals surface area contributed by atoms with E-state index in [0.717, 1.165) is 22.9 Å². The molecule has 2 N–H and O–H groups in total. The lowest BCUT2D eigenvalue weighted by Crippen LogP contribution is -2.28. The minimum absolute atomic E-state index is 0.140. The summed E-state index contributed by atoms with van der Waals surface area (Å²) < 4.78 is 5.23. The van der Waals surface area contributed by atoms with E-state index < -0.39 is 0 Å². The van der Waals surface area contributed by atoms with E-state index in [0.29, 0.717) is 32.8 Å². The molecular formula is C26H20N4O4S. The Balaban J connectivity index is 1.56. The summed E-state index contributed by atoms with van der Waals surface area (Å²) in [7, 11) is 1.57. The van der Waals surface area contributed by atoms with Crippen LogP contribution in [0.4, 0.5) is 11.4 Å². The van der Waals surface area contributed by atoms with Crippen LogP contribution in [0.2, 0.25) is 0 Å². The van der Waals surface area contributed by atoms with Gasteiger partial charge in [0.2, 0.25) is 5.17 Å². The van der Waals surface area contributed by atoms with Gasteiger partial charge in [-0.2, -0.15) is 0 Å². The smallest absolute Gasteiger partial charge is 0.276 e. The third kappa shape index (κ3) is 4.41. The molecule has 8 nitrogen and oxygen atoms in total. The summed E-state index contributed by atoms with van der Waals surface area (Å²) in [5, 5.41) is 21.2. The van der Waals surface area contributed by atoms with Gasteiger partial charge >= 0.3 is 0 Å². The Kier molecular flexibility index (Phi) is 5.84.